The molecule has 0 radical (unpaired) electrons. The molecular formula is C20H24N4O2. The van der Waals surface area contributed by atoms with E-state index in [2.05, 4.69) is 16.0 Å². The smallest absolute Gasteiger partial charge is 0.162 e. The minimum atomic E-state index is 0.446. The van der Waals surface area contributed by atoms with Crippen molar-refractivity contribution in [1.82, 2.24) is 9.88 Å². The number of rotatable bonds is 6. The molecule has 1 aromatic carbocycles. The molecule has 26 heavy (non-hydrogen) atoms. The lowest BCUT2D eigenvalue weighted by Crippen LogP contribution is -2.37. The molecule has 0 spiro atoms. The number of hydrogen-bond donors (Lipinski definition) is 1. The first-order valence-corrected chi connectivity index (χ1v) is 8.82. The molecule has 1 atom stereocenters. The standard InChI is InChI=1S/C20H24N4O2/c1-25-19-10-15(11-21)6-7-18(19)26-14-16-4-3-9-24(12-16)13-17-5-2-8-23-20(17)22/h2,5-8,10,16H,3-4,9,12-14H2,1H3,(H2,22,23). The lowest BCUT2D eigenvalue weighted by Gasteiger charge is -2.32. The van der Waals surface area contributed by atoms with Gasteiger partial charge in [0, 0.05) is 36.8 Å². The number of nitrogens with two attached hydrogens (primary N) is 1. The second kappa shape index (κ2) is 8.54. The van der Waals surface area contributed by atoms with Crippen molar-refractivity contribution >= 4 is 5.82 Å². The quantitative estimate of drug-likeness (QED) is 0.860. The third kappa shape index (κ3) is 4.44. The van der Waals surface area contributed by atoms with Crippen LogP contribution in [0.2, 0.25) is 0 Å². The van der Waals surface area contributed by atoms with Crippen LogP contribution in [0.3, 0.4) is 0 Å². The Kier molecular flexibility index (Phi) is 5.92. The van der Waals surface area contributed by atoms with Gasteiger partial charge in [0.2, 0.25) is 0 Å². The number of nitriles is 1. The molecule has 1 aliphatic heterocycles. The first kappa shape index (κ1) is 18.0. The number of ether oxygens (including phenoxy) is 2. The summed E-state index contributed by atoms with van der Waals surface area (Å²) in [5.41, 5.74) is 7.60. The summed E-state index contributed by atoms with van der Waals surface area (Å²) in [6.45, 7) is 3.47. The number of hydrogen-bond acceptors (Lipinski definition) is 6. The average molecular weight is 352 g/mol. The normalized spacial score (nSPS) is 17.5. The molecule has 1 aromatic heterocycles. The van der Waals surface area contributed by atoms with E-state index in [1.165, 1.54) is 0 Å². The number of pyridine rings is 1. The van der Waals surface area contributed by atoms with Gasteiger partial charge in [-0.1, -0.05) is 6.07 Å². The largest absolute Gasteiger partial charge is 0.493 e. The minimum absolute atomic E-state index is 0.446. The summed E-state index contributed by atoms with van der Waals surface area (Å²) in [4.78, 5) is 6.57. The molecule has 1 fully saturated rings. The van der Waals surface area contributed by atoms with Crippen molar-refractivity contribution in [2.24, 2.45) is 5.92 Å². The van der Waals surface area contributed by atoms with E-state index in [0.29, 0.717) is 35.4 Å². The molecule has 2 heterocycles. The van der Waals surface area contributed by atoms with Crippen LogP contribution >= 0.6 is 0 Å². The van der Waals surface area contributed by atoms with Gasteiger partial charge in [0.05, 0.1) is 25.3 Å². The van der Waals surface area contributed by atoms with E-state index in [-0.39, 0.29) is 0 Å². The second-order valence-electron chi connectivity index (χ2n) is 6.58. The third-order valence-electron chi connectivity index (χ3n) is 4.69. The zero-order valence-electron chi connectivity index (χ0n) is 15.0. The molecule has 0 bridgehead atoms. The highest BCUT2D eigenvalue weighted by atomic mass is 16.5. The fraction of sp³-hybridized carbons (Fsp3) is 0.400. The van der Waals surface area contributed by atoms with Crippen molar-refractivity contribution in [2.45, 2.75) is 19.4 Å². The van der Waals surface area contributed by atoms with Crippen LogP contribution in [0.15, 0.2) is 36.5 Å². The highest BCUT2D eigenvalue weighted by Crippen LogP contribution is 2.29. The fourth-order valence-corrected chi connectivity index (χ4v) is 3.32. The Morgan fingerprint density at radius 2 is 2.23 bits per heavy atom. The molecule has 2 N–H and O–H groups in total. The molecule has 0 amide bonds. The average Bonchev–Trinajstić information content (AvgIpc) is 2.68. The fourth-order valence-electron chi connectivity index (χ4n) is 3.32. The summed E-state index contributed by atoms with van der Waals surface area (Å²) in [5.74, 6) is 2.33. The number of nitrogens with zero attached hydrogens (tertiary/aromatic N) is 3. The number of benzene rings is 1. The van der Waals surface area contributed by atoms with E-state index in [9.17, 15) is 0 Å². The predicted molar refractivity (Wildman–Crippen MR) is 99.9 cm³/mol. The van der Waals surface area contributed by atoms with Crippen molar-refractivity contribution in [3.8, 4) is 17.6 Å². The molecule has 136 valence electrons. The van der Waals surface area contributed by atoms with Crippen LogP contribution in [-0.4, -0.2) is 36.7 Å². The van der Waals surface area contributed by atoms with Gasteiger partial charge >= 0.3 is 0 Å². The van der Waals surface area contributed by atoms with E-state index >= 15 is 0 Å². The second-order valence-corrected chi connectivity index (χ2v) is 6.58. The van der Waals surface area contributed by atoms with E-state index in [4.69, 9.17) is 20.5 Å². The van der Waals surface area contributed by atoms with Gasteiger partial charge in [0.15, 0.2) is 11.5 Å². The van der Waals surface area contributed by atoms with E-state index in [0.717, 1.165) is 38.0 Å². The van der Waals surface area contributed by atoms with Crippen LogP contribution in [0.1, 0.15) is 24.0 Å². The first-order valence-electron chi connectivity index (χ1n) is 8.82. The molecule has 1 unspecified atom stereocenters. The van der Waals surface area contributed by atoms with Crippen molar-refractivity contribution in [3.63, 3.8) is 0 Å². The first-order chi connectivity index (χ1) is 12.7. The van der Waals surface area contributed by atoms with Crippen molar-refractivity contribution in [3.05, 3.63) is 47.7 Å². The summed E-state index contributed by atoms with van der Waals surface area (Å²) in [7, 11) is 1.59. The van der Waals surface area contributed by atoms with Gasteiger partial charge in [0.1, 0.15) is 5.82 Å². The van der Waals surface area contributed by atoms with Gasteiger partial charge in [-0.3, -0.25) is 4.90 Å². The molecule has 2 aromatic rings. The Balaban J connectivity index is 1.57. The van der Waals surface area contributed by atoms with E-state index in [1.807, 2.05) is 12.1 Å². The molecule has 1 saturated heterocycles. The molecule has 3 rings (SSSR count). The van der Waals surface area contributed by atoms with Gasteiger partial charge in [-0.15, -0.1) is 0 Å². The van der Waals surface area contributed by atoms with Crippen LogP contribution in [0, 0.1) is 17.2 Å². The summed E-state index contributed by atoms with van der Waals surface area (Å²) >= 11 is 0. The highest BCUT2D eigenvalue weighted by Gasteiger charge is 2.21. The molecule has 1 aliphatic rings. The van der Waals surface area contributed by atoms with E-state index < -0.39 is 0 Å². The summed E-state index contributed by atoms with van der Waals surface area (Å²) < 4.78 is 11.3. The Bertz CT molecular complexity index is 788. The van der Waals surface area contributed by atoms with Crippen molar-refractivity contribution in [1.29, 1.82) is 5.26 Å². The Hall–Kier alpha value is -2.78. The summed E-state index contributed by atoms with van der Waals surface area (Å²) in [6.07, 6.45) is 3.99. The molecule has 0 saturated carbocycles. The molecule has 0 aliphatic carbocycles. The number of piperidine rings is 1. The predicted octanol–water partition coefficient (Wildman–Crippen LogP) is 2.84. The van der Waals surface area contributed by atoms with Crippen LogP contribution < -0.4 is 15.2 Å². The lowest BCUT2D eigenvalue weighted by molar-refractivity contribution is 0.123. The maximum Gasteiger partial charge on any atom is 0.162 e. The number of likely N-dealkylation sites (tertiary alicyclic amines) is 1. The van der Waals surface area contributed by atoms with Crippen molar-refractivity contribution in [2.75, 3.05) is 32.5 Å². The van der Waals surface area contributed by atoms with Gasteiger partial charge < -0.3 is 15.2 Å². The SMILES string of the molecule is COc1cc(C#N)ccc1OCC1CCCN(Cc2cccnc2N)C1. The Morgan fingerprint density at radius 3 is 3.00 bits per heavy atom. The molecular weight excluding hydrogens is 328 g/mol. The lowest BCUT2D eigenvalue weighted by atomic mass is 9.98. The van der Waals surface area contributed by atoms with Gasteiger partial charge in [-0.25, -0.2) is 4.98 Å². The molecule has 6 heteroatoms. The minimum Gasteiger partial charge on any atom is -0.493 e. The molecule has 6 nitrogen and oxygen atoms in total. The van der Waals surface area contributed by atoms with Crippen LogP contribution in [0.4, 0.5) is 5.82 Å². The number of aromatic nitrogens is 1. The van der Waals surface area contributed by atoms with Gasteiger partial charge in [0.25, 0.3) is 0 Å². The van der Waals surface area contributed by atoms with Crippen LogP contribution in [0.5, 0.6) is 11.5 Å². The van der Waals surface area contributed by atoms with Gasteiger partial charge in [-0.2, -0.15) is 5.26 Å². The highest BCUT2D eigenvalue weighted by molar-refractivity contribution is 5.46. The zero-order chi connectivity index (χ0) is 18.4. The van der Waals surface area contributed by atoms with Crippen LogP contribution in [0.25, 0.3) is 0 Å². The maximum atomic E-state index is 8.99. The van der Waals surface area contributed by atoms with Crippen LogP contribution in [-0.2, 0) is 6.54 Å². The Morgan fingerprint density at radius 1 is 1.35 bits per heavy atom. The van der Waals surface area contributed by atoms with Gasteiger partial charge in [-0.05, 0) is 37.6 Å². The topological polar surface area (TPSA) is 84.4 Å². The maximum absolute atomic E-state index is 8.99. The van der Waals surface area contributed by atoms with E-state index in [1.54, 1.807) is 31.5 Å². The van der Waals surface area contributed by atoms with Crippen molar-refractivity contribution < 1.29 is 9.47 Å². The summed E-state index contributed by atoms with van der Waals surface area (Å²) in [6, 6.07) is 11.3. The number of nitrogen functional groups attached to an aromatic ring is 1. The Labute approximate surface area is 154 Å². The number of methoxy groups -OCH3 is 1. The third-order valence-corrected chi connectivity index (χ3v) is 4.69. The number of anilines is 1. The summed E-state index contributed by atoms with van der Waals surface area (Å²) in [5, 5.41) is 8.99. The zero-order valence-corrected chi connectivity index (χ0v) is 15.0. The monoisotopic (exact) mass is 352 g/mol.